The van der Waals surface area contributed by atoms with Crippen molar-refractivity contribution >= 4 is 17.4 Å². The number of carbonyl (C=O) groups is 2. The quantitative estimate of drug-likeness (QED) is 0.356. The van der Waals surface area contributed by atoms with Crippen molar-refractivity contribution in [3.05, 3.63) is 74.7 Å². The molecule has 1 atom stereocenters. The average molecular weight is 343 g/mol. The van der Waals surface area contributed by atoms with Crippen LogP contribution >= 0.6 is 0 Å². The number of non-ortho nitro benzene ring substituents is 1. The van der Waals surface area contributed by atoms with Gasteiger partial charge in [0.2, 0.25) is 0 Å². The molecular weight excluding hydrogens is 326 g/mol. The Labute approximate surface area is 143 Å². The summed E-state index contributed by atoms with van der Waals surface area (Å²) in [6.45, 7) is 2.20. The Balaban J connectivity index is 2.48. The van der Waals surface area contributed by atoms with Gasteiger partial charge in [0.1, 0.15) is 0 Å². The van der Waals surface area contributed by atoms with E-state index >= 15 is 0 Å². The number of pyridine rings is 1. The number of nitrogens with one attached hydrogen (secondary N) is 1. The highest BCUT2D eigenvalue weighted by Gasteiger charge is 2.30. The minimum Gasteiger partial charge on any atom is -0.354 e. The number of Topliss-reactive ketones (excluding diaryl/α,β-unsaturated/α-hetero) is 1. The average Bonchev–Trinajstić information content (AvgIpc) is 2.61. The monoisotopic (exact) mass is 343 g/mol. The van der Waals surface area contributed by atoms with E-state index in [4.69, 9.17) is 0 Å². The Bertz CT molecular complexity index is 859. The molecule has 1 aromatic heterocycles. The van der Waals surface area contributed by atoms with Gasteiger partial charge in [-0.05, 0) is 12.5 Å². The van der Waals surface area contributed by atoms with E-state index in [2.05, 4.69) is 5.32 Å². The van der Waals surface area contributed by atoms with E-state index in [0.717, 1.165) is 10.6 Å². The van der Waals surface area contributed by atoms with Crippen LogP contribution in [0.15, 0.2) is 53.5 Å². The number of carbonyl (C=O) groups excluding carboxylic acids is 2. The van der Waals surface area contributed by atoms with Crippen molar-refractivity contribution in [2.45, 2.75) is 19.4 Å². The SMILES string of the molecule is CCCNC(=O)C(C(=O)c1cccc([N+](=O)[O-])c1)n1ccccc1=O. The van der Waals surface area contributed by atoms with Gasteiger partial charge in [0, 0.05) is 36.5 Å². The van der Waals surface area contributed by atoms with Gasteiger partial charge in [-0.15, -0.1) is 0 Å². The molecular formula is C17H17N3O5. The summed E-state index contributed by atoms with van der Waals surface area (Å²) in [6, 6.07) is 7.92. The Morgan fingerprint density at radius 3 is 2.64 bits per heavy atom. The van der Waals surface area contributed by atoms with E-state index in [9.17, 15) is 24.5 Å². The molecule has 0 bridgehead atoms. The maximum Gasteiger partial charge on any atom is 0.270 e. The number of amides is 1. The van der Waals surface area contributed by atoms with Gasteiger partial charge in [-0.2, -0.15) is 0 Å². The standard InChI is InChI=1S/C17H17N3O5/c1-2-9-18-17(23)15(19-10-4-3-8-14(19)21)16(22)12-6-5-7-13(11-12)20(24)25/h3-8,10-11,15H,2,9H2,1H3,(H,18,23). The maximum absolute atomic E-state index is 12.8. The summed E-state index contributed by atoms with van der Waals surface area (Å²) in [7, 11) is 0. The van der Waals surface area contributed by atoms with Crippen molar-refractivity contribution in [3.8, 4) is 0 Å². The second kappa shape index (κ2) is 8.00. The molecule has 0 fully saturated rings. The summed E-state index contributed by atoms with van der Waals surface area (Å²) in [6.07, 6.45) is 2.00. The molecule has 0 saturated heterocycles. The highest BCUT2D eigenvalue weighted by atomic mass is 16.6. The van der Waals surface area contributed by atoms with E-state index < -0.39 is 28.2 Å². The van der Waals surface area contributed by atoms with Crippen LogP contribution in [0.5, 0.6) is 0 Å². The first-order valence-electron chi connectivity index (χ1n) is 7.69. The fourth-order valence-corrected chi connectivity index (χ4v) is 2.30. The molecule has 0 radical (unpaired) electrons. The second-order valence-electron chi connectivity index (χ2n) is 5.31. The predicted octanol–water partition coefficient (Wildman–Crippen LogP) is 1.71. The number of aromatic nitrogens is 1. The molecule has 1 aromatic carbocycles. The molecule has 0 aliphatic heterocycles. The van der Waals surface area contributed by atoms with Crippen molar-refractivity contribution in [1.29, 1.82) is 0 Å². The largest absolute Gasteiger partial charge is 0.354 e. The Morgan fingerprint density at radius 1 is 1.24 bits per heavy atom. The zero-order chi connectivity index (χ0) is 18.4. The first-order chi connectivity index (χ1) is 12.0. The summed E-state index contributed by atoms with van der Waals surface area (Å²) < 4.78 is 1.02. The van der Waals surface area contributed by atoms with Crippen molar-refractivity contribution in [2.75, 3.05) is 6.54 Å². The highest BCUT2D eigenvalue weighted by Crippen LogP contribution is 2.18. The van der Waals surface area contributed by atoms with Crippen molar-refractivity contribution in [1.82, 2.24) is 9.88 Å². The molecule has 1 unspecified atom stereocenters. The third-order valence-corrected chi connectivity index (χ3v) is 3.52. The molecule has 8 nitrogen and oxygen atoms in total. The number of nitrogens with zero attached hydrogens (tertiary/aromatic N) is 2. The molecule has 0 aliphatic carbocycles. The van der Waals surface area contributed by atoms with Gasteiger partial charge in [0.25, 0.3) is 17.2 Å². The number of rotatable bonds is 7. The fraction of sp³-hybridized carbons (Fsp3) is 0.235. The third-order valence-electron chi connectivity index (χ3n) is 3.52. The molecule has 0 spiro atoms. The molecule has 130 valence electrons. The summed E-state index contributed by atoms with van der Waals surface area (Å²) in [5, 5.41) is 13.5. The lowest BCUT2D eigenvalue weighted by atomic mass is 10.0. The van der Waals surface area contributed by atoms with Crippen molar-refractivity contribution in [3.63, 3.8) is 0 Å². The third kappa shape index (κ3) is 4.17. The van der Waals surface area contributed by atoms with Crippen LogP contribution in [-0.2, 0) is 4.79 Å². The number of hydrogen-bond acceptors (Lipinski definition) is 5. The van der Waals surface area contributed by atoms with Gasteiger partial charge in [-0.25, -0.2) is 0 Å². The van der Waals surface area contributed by atoms with Crippen LogP contribution in [0.3, 0.4) is 0 Å². The van der Waals surface area contributed by atoms with E-state index in [1.165, 1.54) is 42.6 Å². The van der Waals surface area contributed by atoms with Crippen LogP contribution < -0.4 is 10.9 Å². The van der Waals surface area contributed by atoms with E-state index in [1.807, 2.05) is 6.92 Å². The lowest BCUT2D eigenvalue weighted by molar-refractivity contribution is -0.384. The summed E-state index contributed by atoms with van der Waals surface area (Å²) in [4.78, 5) is 47.6. The van der Waals surface area contributed by atoms with Gasteiger partial charge in [-0.1, -0.05) is 25.1 Å². The lowest BCUT2D eigenvalue weighted by Crippen LogP contribution is -2.41. The van der Waals surface area contributed by atoms with Gasteiger partial charge >= 0.3 is 0 Å². The first-order valence-corrected chi connectivity index (χ1v) is 7.69. The number of nitro benzene ring substituents is 1. The summed E-state index contributed by atoms with van der Waals surface area (Å²) in [5.41, 5.74) is -0.793. The molecule has 0 aliphatic rings. The molecule has 1 heterocycles. The van der Waals surface area contributed by atoms with Crippen LogP contribution in [0, 0.1) is 10.1 Å². The van der Waals surface area contributed by atoms with Crippen LogP contribution in [0.4, 0.5) is 5.69 Å². The summed E-state index contributed by atoms with van der Waals surface area (Å²) in [5.74, 6) is -1.32. The lowest BCUT2D eigenvalue weighted by Gasteiger charge is -2.18. The molecule has 1 N–H and O–H groups in total. The van der Waals surface area contributed by atoms with Crippen LogP contribution in [0.2, 0.25) is 0 Å². The smallest absolute Gasteiger partial charge is 0.270 e. The van der Waals surface area contributed by atoms with Crippen LogP contribution in [-0.4, -0.2) is 27.7 Å². The zero-order valence-corrected chi connectivity index (χ0v) is 13.5. The molecule has 1 amide bonds. The van der Waals surface area contributed by atoms with E-state index in [1.54, 1.807) is 0 Å². The maximum atomic E-state index is 12.8. The molecule has 8 heteroatoms. The summed E-state index contributed by atoms with van der Waals surface area (Å²) >= 11 is 0. The Hall–Kier alpha value is -3.29. The predicted molar refractivity (Wildman–Crippen MR) is 90.5 cm³/mol. The topological polar surface area (TPSA) is 111 Å². The van der Waals surface area contributed by atoms with E-state index in [-0.39, 0.29) is 11.3 Å². The van der Waals surface area contributed by atoms with E-state index in [0.29, 0.717) is 13.0 Å². The van der Waals surface area contributed by atoms with Gasteiger partial charge in [0.05, 0.1) is 4.92 Å². The number of hydrogen-bond donors (Lipinski definition) is 1. The molecule has 25 heavy (non-hydrogen) atoms. The first kappa shape index (κ1) is 18.1. The molecule has 2 rings (SSSR count). The number of nitro groups is 1. The van der Waals surface area contributed by atoms with Gasteiger partial charge < -0.3 is 5.32 Å². The molecule has 0 saturated carbocycles. The van der Waals surface area contributed by atoms with Gasteiger partial charge in [-0.3, -0.25) is 29.1 Å². The van der Waals surface area contributed by atoms with Crippen LogP contribution in [0.25, 0.3) is 0 Å². The molecule has 2 aromatic rings. The number of ketones is 1. The minimum atomic E-state index is -1.43. The minimum absolute atomic E-state index is 0.0124. The normalized spacial score (nSPS) is 11.6. The number of benzene rings is 1. The fourth-order valence-electron chi connectivity index (χ4n) is 2.30. The zero-order valence-electron chi connectivity index (χ0n) is 13.5. The van der Waals surface area contributed by atoms with Crippen molar-refractivity contribution < 1.29 is 14.5 Å². The Morgan fingerprint density at radius 2 is 2.00 bits per heavy atom. The van der Waals surface area contributed by atoms with Crippen molar-refractivity contribution in [2.24, 2.45) is 0 Å². The van der Waals surface area contributed by atoms with Gasteiger partial charge in [0.15, 0.2) is 11.8 Å². The highest BCUT2D eigenvalue weighted by molar-refractivity contribution is 6.12. The Kier molecular flexibility index (Phi) is 5.78. The van der Waals surface area contributed by atoms with Crippen LogP contribution in [0.1, 0.15) is 29.7 Å². The second-order valence-corrected chi connectivity index (χ2v) is 5.31.